The van der Waals surface area contributed by atoms with Crippen molar-refractivity contribution in [2.24, 2.45) is 5.84 Å². The first-order chi connectivity index (χ1) is 9.61. The molecule has 3 N–H and O–H groups in total. The minimum atomic E-state index is -0.325. The number of rotatable bonds is 1. The largest absolute Gasteiger partial charge is 0.290 e. The number of hydrogen-bond donors (Lipinski definition) is 2. The number of fused-ring (bicyclic) bond motifs is 2. The van der Waals surface area contributed by atoms with E-state index >= 15 is 0 Å². The maximum atomic E-state index is 12.2. The first-order valence-electron chi connectivity index (χ1n) is 6.43. The Morgan fingerprint density at radius 3 is 2.75 bits per heavy atom. The molecule has 20 heavy (non-hydrogen) atoms. The molecule has 1 aliphatic rings. The average Bonchev–Trinajstić information content (AvgIpc) is 2.44. The smallest absolute Gasteiger partial charge is 0.266 e. The van der Waals surface area contributed by atoms with Crippen molar-refractivity contribution < 1.29 is 4.79 Å². The predicted octanol–water partition coefficient (Wildman–Crippen LogP) is 3.02. The van der Waals surface area contributed by atoms with Crippen LogP contribution in [0.4, 0.5) is 0 Å². The first kappa shape index (κ1) is 13.6. The Morgan fingerprint density at radius 2 is 2.00 bits per heavy atom. The van der Waals surface area contributed by atoms with E-state index in [0.29, 0.717) is 26.5 Å². The van der Waals surface area contributed by atoms with Crippen LogP contribution in [0, 0.1) is 0 Å². The molecular weight excluding hydrogens is 297 g/mol. The molecule has 6 heteroatoms. The molecule has 0 bridgehead atoms. The van der Waals surface area contributed by atoms with Crippen LogP contribution < -0.4 is 11.3 Å². The highest BCUT2D eigenvalue weighted by molar-refractivity contribution is 6.38. The van der Waals surface area contributed by atoms with E-state index in [4.69, 9.17) is 29.0 Å². The number of pyridine rings is 1. The quantitative estimate of drug-likeness (QED) is 0.483. The number of aromatic nitrogens is 1. The normalized spacial score (nSPS) is 14.2. The van der Waals surface area contributed by atoms with Crippen molar-refractivity contribution in [1.29, 1.82) is 0 Å². The van der Waals surface area contributed by atoms with Gasteiger partial charge in [0, 0.05) is 16.1 Å². The number of carbonyl (C=O) groups is 1. The molecule has 1 aromatic heterocycles. The summed E-state index contributed by atoms with van der Waals surface area (Å²) in [4.78, 5) is 16.8. The minimum Gasteiger partial charge on any atom is -0.290 e. The lowest BCUT2D eigenvalue weighted by Gasteiger charge is -2.20. The molecule has 1 heterocycles. The number of benzene rings is 1. The van der Waals surface area contributed by atoms with Crippen LogP contribution in [0.15, 0.2) is 12.1 Å². The van der Waals surface area contributed by atoms with Gasteiger partial charge in [-0.05, 0) is 43.4 Å². The zero-order chi connectivity index (χ0) is 14.3. The fraction of sp³-hybridized carbons (Fsp3) is 0.286. The summed E-state index contributed by atoms with van der Waals surface area (Å²) in [7, 11) is 0. The fourth-order valence-electron chi connectivity index (χ4n) is 2.78. The minimum absolute atomic E-state index is 0.325. The monoisotopic (exact) mass is 309 g/mol. The third kappa shape index (κ3) is 2.14. The maximum absolute atomic E-state index is 12.2. The summed E-state index contributed by atoms with van der Waals surface area (Å²) in [5, 5.41) is 1.59. The van der Waals surface area contributed by atoms with Crippen LogP contribution in [0.25, 0.3) is 10.9 Å². The summed E-state index contributed by atoms with van der Waals surface area (Å²) in [6.07, 6.45) is 3.79. The van der Waals surface area contributed by atoms with Gasteiger partial charge in [0.2, 0.25) is 0 Å². The number of nitrogen functional groups attached to an aromatic ring is 1. The zero-order valence-electron chi connectivity index (χ0n) is 10.7. The van der Waals surface area contributed by atoms with E-state index < -0.39 is 0 Å². The first-order valence-corrected chi connectivity index (χ1v) is 7.19. The number of hydrogen-bond acceptors (Lipinski definition) is 3. The Kier molecular flexibility index (Phi) is 3.54. The van der Waals surface area contributed by atoms with Gasteiger partial charge in [-0.2, -0.15) is 0 Å². The molecule has 3 rings (SSSR count). The van der Waals surface area contributed by atoms with Gasteiger partial charge in [0.05, 0.1) is 16.1 Å². The lowest BCUT2D eigenvalue weighted by Crippen LogP contribution is -2.32. The van der Waals surface area contributed by atoms with Gasteiger partial charge in [-0.25, -0.2) is 5.84 Å². The second-order valence-electron chi connectivity index (χ2n) is 4.88. The molecule has 104 valence electrons. The van der Waals surface area contributed by atoms with Gasteiger partial charge in [0.25, 0.3) is 5.91 Å². The van der Waals surface area contributed by atoms with Gasteiger partial charge in [-0.15, -0.1) is 0 Å². The summed E-state index contributed by atoms with van der Waals surface area (Å²) in [6.45, 7) is 0. The van der Waals surface area contributed by atoms with Gasteiger partial charge in [-0.1, -0.05) is 23.2 Å². The van der Waals surface area contributed by atoms with E-state index in [1.165, 1.54) is 0 Å². The number of nitrogens with zero attached hydrogens (tertiary/aromatic N) is 1. The van der Waals surface area contributed by atoms with Crippen molar-refractivity contribution in [3.8, 4) is 0 Å². The van der Waals surface area contributed by atoms with Gasteiger partial charge in [-0.3, -0.25) is 15.2 Å². The third-order valence-corrected chi connectivity index (χ3v) is 4.15. The van der Waals surface area contributed by atoms with Gasteiger partial charge >= 0.3 is 0 Å². The van der Waals surface area contributed by atoms with Crippen LogP contribution in [-0.2, 0) is 12.8 Å². The highest BCUT2D eigenvalue weighted by atomic mass is 35.5. The third-order valence-electron chi connectivity index (χ3n) is 3.64. The number of halogens is 2. The van der Waals surface area contributed by atoms with E-state index in [1.54, 1.807) is 12.1 Å². The molecular formula is C14H13Cl2N3O. The molecule has 2 aromatic rings. The lowest BCUT2D eigenvalue weighted by atomic mass is 9.89. The molecule has 4 nitrogen and oxygen atoms in total. The van der Waals surface area contributed by atoms with Crippen molar-refractivity contribution in [3.05, 3.63) is 39.0 Å². The number of amides is 1. The molecule has 1 aliphatic carbocycles. The second kappa shape index (κ2) is 5.20. The Balaban J connectivity index is 2.42. The molecule has 0 aliphatic heterocycles. The van der Waals surface area contributed by atoms with Crippen molar-refractivity contribution in [3.63, 3.8) is 0 Å². The standard InChI is InChI=1S/C14H13Cl2N3O/c15-7-5-9-12(14(20)19-17)8-3-1-2-4-11(8)18-13(9)10(16)6-7/h5-6H,1-4,17H2,(H,19,20). The zero-order valence-corrected chi connectivity index (χ0v) is 12.2. The maximum Gasteiger partial charge on any atom is 0.266 e. The van der Waals surface area contributed by atoms with E-state index in [2.05, 4.69) is 10.4 Å². The van der Waals surface area contributed by atoms with Gasteiger partial charge < -0.3 is 0 Å². The molecule has 1 aromatic carbocycles. The number of hydrazine groups is 1. The fourth-order valence-corrected chi connectivity index (χ4v) is 3.32. The molecule has 0 saturated heterocycles. The van der Waals surface area contributed by atoms with Crippen molar-refractivity contribution >= 4 is 40.0 Å². The van der Waals surface area contributed by atoms with Crippen molar-refractivity contribution in [1.82, 2.24) is 10.4 Å². The highest BCUT2D eigenvalue weighted by Crippen LogP contribution is 2.34. The van der Waals surface area contributed by atoms with Crippen molar-refractivity contribution in [2.75, 3.05) is 0 Å². The summed E-state index contributed by atoms with van der Waals surface area (Å²) < 4.78 is 0. The summed E-state index contributed by atoms with van der Waals surface area (Å²) in [6, 6.07) is 3.35. The number of nitrogens with one attached hydrogen (secondary N) is 1. The van der Waals surface area contributed by atoms with Crippen LogP contribution in [0.1, 0.15) is 34.5 Å². The second-order valence-corrected chi connectivity index (χ2v) is 5.72. The van der Waals surface area contributed by atoms with Crippen LogP contribution in [-0.4, -0.2) is 10.9 Å². The average molecular weight is 310 g/mol. The summed E-state index contributed by atoms with van der Waals surface area (Å²) in [5.41, 5.74) is 5.27. The molecule has 1 amide bonds. The predicted molar refractivity (Wildman–Crippen MR) is 80.1 cm³/mol. The van der Waals surface area contributed by atoms with Crippen molar-refractivity contribution in [2.45, 2.75) is 25.7 Å². The topological polar surface area (TPSA) is 68.0 Å². The SMILES string of the molecule is NNC(=O)c1c2c(nc3c(Cl)cc(Cl)cc13)CCCC2. The van der Waals surface area contributed by atoms with E-state index in [1.807, 2.05) is 0 Å². The Hall–Kier alpha value is -1.36. The molecule has 0 saturated carbocycles. The summed E-state index contributed by atoms with van der Waals surface area (Å²) in [5.74, 6) is 4.99. The Bertz CT molecular complexity index is 715. The van der Waals surface area contributed by atoms with Crippen LogP contribution in [0.5, 0.6) is 0 Å². The number of aryl methyl sites for hydroxylation is 1. The van der Waals surface area contributed by atoms with Crippen LogP contribution in [0.3, 0.4) is 0 Å². The van der Waals surface area contributed by atoms with E-state index in [0.717, 1.165) is 36.9 Å². The van der Waals surface area contributed by atoms with Crippen LogP contribution >= 0.6 is 23.2 Å². The summed E-state index contributed by atoms with van der Waals surface area (Å²) >= 11 is 12.3. The number of nitrogens with two attached hydrogens (primary N) is 1. The lowest BCUT2D eigenvalue weighted by molar-refractivity contribution is 0.0954. The Morgan fingerprint density at radius 1 is 1.25 bits per heavy atom. The van der Waals surface area contributed by atoms with Gasteiger partial charge in [0.1, 0.15) is 0 Å². The molecule has 0 radical (unpaired) electrons. The van der Waals surface area contributed by atoms with Crippen LogP contribution in [0.2, 0.25) is 10.0 Å². The number of carbonyl (C=O) groups excluding carboxylic acids is 1. The van der Waals surface area contributed by atoms with E-state index in [9.17, 15) is 4.79 Å². The van der Waals surface area contributed by atoms with E-state index in [-0.39, 0.29) is 5.91 Å². The Labute approximate surface area is 126 Å². The molecule has 0 spiro atoms. The highest BCUT2D eigenvalue weighted by Gasteiger charge is 2.23. The van der Waals surface area contributed by atoms with Gasteiger partial charge in [0.15, 0.2) is 0 Å². The molecule has 0 atom stereocenters. The molecule has 0 unspecified atom stereocenters. The molecule has 0 fully saturated rings.